The van der Waals surface area contributed by atoms with Crippen molar-refractivity contribution in [3.05, 3.63) is 48.0 Å². The van der Waals surface area contributed by atoms with Gasteiger partial charge in [-0.3, -0.25) is 4.79 Å². The molecule has 1 aliphatic rings. The van der Waals surface area contributed by atoms with Gasteiger partial charge in [0, 0.05) is 31.9 Å². The Balaban J connectivity index is 1.64. The van der Waals surface area contributed by atoms with Gasteiger partial charge >= 0.3 is 0 Å². The smallest absolute Gasteiger partial charge is 0.262 e. The lowest BCUT2D eigenvalue weighted by atomic mass is 10.2. The molecule has 2 aromatic carbocycles. The number of piperazine rings is 1. The molecule has 1 fully saturated rings. The molecule has 2 aromatic rings. The van der Waals surface area contributed by atoms with E-state index in [1.165, 1.54) is 0 Å². The summed E-state index contributed by atoms with van der Waals surface area (Å²) in [6.45, 7) is 9.11. The molecule has 3 rings (SSSR count). The van der Waals surface area contributed by atoms with Crippen molar-refractivity contribution in [1.29, 1.82) is 0 Å². The van der Waals surface area contributed by atoms with Crippen LogP contribution in [0.1, 0.15) is 12.5 Å². The van der Waals surface area contributed by atoms with E-state index in [0.717, 1.165) is 49.7 Å². The fourth-order valence-electron chi connectivity index (χ4n) is 3.20. The predicted molar refractivity (Wildman–Crippen MR) is 110 cm³/mol. The van der Waals surface area contributed by atoms with E-state index in [2.05, 4.69) is 22.0 Å². The van der Waals surface area contributed by atoms with Gasteiger partial charge in [-0.15, -0.1) is 0 Å². The number of amides is 1. The normalized spacial score (nSPS) is 14.8. The minimum atomic E-state index is -0.199. The van der Waals surface area contributed by atoms with Gasteiger partial charge in [0.05, 0.1) is 11.4 Å². The minimum absolute atomic E-state index is 0.0408. The molecule has 0 radical (unpaired) electrons. The molecule has 144 valence electrons. The highest BCUT2D eigenvalue weighted by molar-refractivity contribution is 5.96. The molecule has 0 unspecified atom stereocenters. The molecule has 6 heteroatoms. The van der Waals surface area contributed by atoms with Crippen LogP contribution >= 0.6 is 0 Å². The average Bonchev–Trinajstić information content (AvgIpc) is 2.68. The number of nitrogens with zero attached hydrogens (tertiary/aromatic N) is 2. The highest BCUT2D eigenvalue weighted by atomic mass is 16.5. The van der Waals surface area contributed by atoms with Gasteiger partial charge < -0.3 is 25.6 Å². The third-order valence-corrected chi connectivity index (χ3v) is 4.85. The molecule has 0 bridgehead atoms. The summed E-state index contributed by atoms with van der Waals surface area (Å²) in [5, 5.41) is 2.96. The second-order valence-corrected chi connectivity index (χ2v) is 6.85. The number of hydrogen-bond donors (Lipinski definition) is 2. The summed E-state index contributed by atoms with van der Waals surface area (Å²) in [5.41, 5.74) is 9.46. The molecule has 1 saturated heterocycles. The van der Waals surface area contributed by atoms with Crippen LogP contribution in [0.5, 0.6) is 5.75 Å². The van der Waals surface area contributed by atoms with Crippen molar-refractivity contribution in [2.24, 2.45) is 0 Å². The van der Waals surface area contributed by atoms with Gasteiger partial charge in [-0.2, -0.15) is 0 Å². The van der Waals surface area contributed by atoms with E-state index in [1.807, 2.05) is 49.4 Å². The van der Waals surface area contributed by atoms with E-state index in [4.69, 9.17) is 10.5 Å². The number of carbonyl (C=O) groups excluding carboxylic acids is 1. The molecular weight excluding hydrogens is 340 g/mol. The van der Waals surface area contributed by atoms with Crippen LogP contribution in [0.3, 0.4) is 0 Å². The van der Waals surface area contributed by atoms with E-state index in [1.54, 1.807) is 0 Å². The van der Waals surface area contributed by atoms with Crippen molar-refractivity contribution in [3.8, 4) is 5.75 Å². The lowest BCUT2D eigenvalue weighted by molar-refractivity contribution is -0.118. The summed E-state index contributed by atoms with van der Waals surface area (Å²) in [6, 6.07) is 13.3. The first-order valence-corrected chi connectivity index (χ1v) is 9.41. The van der Waals surface area contributed by atoms with Crippen LogP contribution in [-0.2, 0) is 4.79 Å². The predicted octanol–water partition coefficient (Wildman–Crippen LogP) is 2.74. The Labute approximate surface area is 160 Å². The molecule has 3 N–H and O–H groups in total. The van der Waals surface area contributed by atoms with Crippen LogP contribution in [0.25, 0.3) is 0 Å². The fourth-order valence-corrected chi connectivity index (χ4v) is 3.20. The summed E-state index contributed by atoms with van der Waals surface area (Å²) in [7, 11) is 0. The summed E-state index contributed by atoms with van der Waals surface area (Å²) in [6.07, 6.45) is 0. The van der Waals surface area contributed by atoms with E-state index < -0.39 is 0 Å². The van der Waals surface area contributed by atoms with Crippen molar-refractivity contribution in [3.63, 3.8) is 0 Å². The standard InChI is InChI=1S/C21H28N4O2/c1-3-24-10-12-25(13-11-24)20-9-6-17(22)14-19(20)23-21(26)15-27-18-7-4-16(2)5-8-18/h4-9,14H,3,10-13,15,22H2,1-2H3,(H,23,26). The van der Waals surface area contributed by atoms with Gasteiger partial charge in [0.1, 0.15) is 5.75 Å². The van der Waals surface area contributed by atoms with Crippen molar-refractivity contribution in [2.45, 2.75) is 13.8 Å². The van der Waals surface area contributed by atoms with Gasteiger partial charge in [-0.25, -0.2) is 0 Å². The number of rotatable bonds is 6. The number of hydrogen-bond acceptors (Lipinski definition) is 5. The van der Waals surface area contributed by atoms with Crippen LogP contribution in [0.15, 0.2) is 42.5 Å². The van der Waals surface area contributed by atoms with Crippen LogP contribution < -0.4 is 20.7 Å². The van der Waals surface area contributed by atoms with Gasteiger partial charge in [0.15, 0.2) is 6.61 Å². The molecule has 1 amide bonds. The summed E-state index contributed by atoms with van der Waals surface area (Å²) in [5.74, 6) is 0.480. The molecule has 0 atom stereocenters. The zero-order valence-electron chi connectivity index (χ0n) is 16.1. The topological polar surface area (TPSA) is 70.8 Å². The minimum Gasteiger partial charge on any atom is -0.484 e. The zero-order chi connectivity index (χ0) is 19.2. The maximum Gasteiger partial charge on any atom is 0.262 e. The quantitative estimate of drug-likeness (QED) is 0.767. The number of aryl methyl sites for hydroxylation is 1. The maximum absolute atomic E-state index is 12.4. The third-order valence-electron chi connectivity index (χ3n) is 4.85. The zero-order valence-corrected chi connectivity index (χ0v) is 16.1. The number of likely N-dealkylation sites (N-methyl/N-ethyl adjacent to an activating group) is 1. The van der Waals surface area contributed by atoms with Crippen molar-refractivity contribution in [1.82, 2.24) is 4.90 Å². The molecule has 6 nitrogen and oxygen atoms in total. The Morgan fingerprint density at radius 1 is 1.11 bits per heavy atom. The Hall–Kier alpha value is -2.73. The Morgan fingerprint density at radius 2 is 1.81 bits per heavy atom. The number of benzene rings is 2. The van der Waals surface area contributed by atoms with Crippen LogP contribution in [0, 0.1) is 6.92 Å². The van der Waals surface area contributed by atoms with Crippen molar-refractivity contribution >= 4 is 23.0 Å². The second-order valence-electron chi connectivity index (χ2n) is 6.85. The van der Waals surface area contributed by atoms with E-state index in [-0.39, 0.29) is 12.5 Å². The Bertz CT molecular complexity index is 768. The molecular formula is C21H28N4O2. The number of nitrogen functional groups attached to an aromatic ring is 1. The molecule has 0 saturated carbocycles. The van der Waals surface area contributed by atoms with Gasteiger partial charge in [0.25, 0.3) is 5.91 Å². The number of nitrogens with one attached hydrogen (secondary N) is 1. The molecule has 27 heavy (non-hydrogen) atoms. The van der Waals surface area contributed by atoms with Gasteiger partial charge in [0.2, 0.25) is 0 Å². The summed E-state index contributed by atoms with van der Waals surface area (Å²) in [4.78, 5) is 17.1. The lowest BCUT2D eigenvalue weighted by Crippen LogP contribution is -2.46. The monoisotopic (exact) mass is 368 g/mol. The Kier molecular flexibility index (Phi) is 6.19. The largest absolute Gasteiger partial charge is 0.484 e. The van der Waals surface area contributed by atoms with Crippen molar-refractivity contribution < 1.29 is 9.53 Å². The van der Waals surface area contributed by atoms with Gasteiger partial charge in [-0.1, -0.05) is 24.6 Å². The number of ether oxygens (including phenoxy) is 1. The highest BCUT2D eigenvalue weighted by Gasteiger charge is 2.19. The molecule has 0 aromatic heterocycles. The first kappa shape index (κ1) is 19.0. The van der Waals surface area contributed by atoms with E-state index in [0.29, 0.717) is 11.4 Å². The summed E-state index contributed by atoms with van der Waals surface area (Å²) < 4.78 is 5.58. The number of anilines is 3. The average molecular weight is 368 g/mol. The first-order chi connectivity index (χ1) is 13.0. The van der Waals surface area contributed by atoms with E-state index in [9.17, 15) is 4.79 Å². The highest BCUT2D eigenvalue weighted by Crippen LogP contribution is 2.29. The van der Waals surface area contributed by atoms with Gasteiger partial charge in [-0.05, 0) is 43.8 Å². The molecule has 0 spiro atoms. The van der Waals surface area contributed by atoms with E-state index >= 15 is 0 Å². The SMILES string of the molecule is CCN1CCN(c2ccc(N)cc2NC(=O)COc2ccc(C)cc2)CC1. The van der Waals surface area contributed by atoms with Crippen LogP contribution in [0.4, 0.5) is 17.1 Å². The Morgan fingerprint density at radius 3 is 2.48 bits per heavy atom. The van der Waals surface area contributed by atoms with Crippen LogP contribution in [0.2, 0.25) is 0 Å². The van der Waals surface area contributed by atoms with Crippen molar-refractivity contribution in [2.75, 3.05) is 55.3 Å². The number of carbonyl (C=O) groups is 1. The fraction of sp³-hybridized carbons (Fsp3) is 0.381. The molecule has 1 heterocycles. The molecule has 0 aliphatic carbocycles. The number of nitrogens with two attached hydrogens (primary N) is 1. The lowest BCUT2D eigenvalue weighted by Gasteiger charge is -2.36. The third kappa shape index (κ3) is 5.14. The first-order valence-electron chi connectivity index (χ1n) is 9.41. The molecule has 1 aliphatic heterocycles. The maximum atomic E-state index is 12.4. The second kappa shape index (κ2) is 8.77. The van der Waals surface area contributed by atoms with Crippen LogP contribution in [-0.4, -0.2) is 50.1 Å². The summed E-state index contributed by atoms with van der Waals surface area (Å²) >= 11 is 0.